The van der Waals surface area contributed by atoms with Crippen LogP contribution in [0.3, 0.4) is 0 Å². The second kappa shape index (κ2) is 9.95. The van der Waals surface area contributed by atoms with E-state index in [-0.39, 0.29) is 23.9 Å². The normalized spacial score (nSPS) is 37.3. The van der Waals surface area contributed by atoms with E-state index in [2.05, 4.69) is 0 Å². The molecule has 0 bridgehead atoms. The predicted octanol–water partition coefficient (Wildman–Crippen LogP) is -2.46. The standard InChI is InChI=1S/C20H28O12/c1-9(22)10-3-4-11(12(5-10)28-2)31-18-16(25)15(24)14(23)13(32-18)6-29-19-17(26)20(27,7-21)8-30-19/h3-5,13-19,21,23-27H,6-8H2,1-2H3/t13-,14-,15+,16-,17+,18-,19-,20-/m1/s1. The van der Waals surface area contributed by atoms with Gasteiger partial charge < -0.3 is 54.3 Å². The number of Topliss-reactive ketones (excluding diaryl/α,β-unsaturated/α-hetero) is 1. The molecule has 2 saturated heterocycles. The van der Waals surface area contributed by atoms with Gasteiger partial charge in [-0.2, -0.15) is 0 Å². The van der Waals surface area contributed by atoms with Crippen molar-refractivity contribution >= 4 is 5.78 Å². The molecule has 1 aromatic rings. The van der Waals surface area contributed by atoms with Gasteiger partial charge in [0.15, 0.2) is 23.6 Å². The molecule has 3 rings (SSSR count). The molecule has 12 nitrogen and oxygen atoms in total. The third kappa shape index (κ3) is 4.88. The lowest BCUT2D eigenvalue weighted by Crippen LogP contribution is -2.60. The number of methoxy groups -OCH3 is 1. The Hall–Kier alpha value is -1.87. The molecule has 2 heterocycles. The van der Waals surface area contributed by atoms with Gasteiger partial charge in [0.2, 0.25) is 6.29 Å². The lowest BCUT2D eigenvalue weighted by Gasteiger charge is -2.40. The van der Waals surface area contributed by atoms with Crippen molar-refractivity contribution < 1.29 is 59.1 Å². The van der Waals surface area contributed by atoms with E-state index in [1.54, 1.807) is 0 Å². The van der Waals surface area contributed by atoms with E-state index < -0.39 is 61.9 Å². The maximum Gasteiger partial charge on any atom is 0.229 e. The van der Waals surface area contributed by atoms with E-state index in [9.17, 15) is 35.4 Å². The average Bonchev–Trinajstić information content (AvgIpc) is 3.07. The Morgan fingerprint density at radius 1 is 1.12 bits per heavy atom. The molecule has 180 valence electrons. The highest BCUT2D eigenvalue weighted by Crippen LogP contribution is 2.33. The van der Waals surface area contributed by atoms with Gasteiger partial charge in [-0.25, -0.2) is 0 Å². The van der Waals surface area contributed by atoms with Gasteiger partial charge in [-0.3, -0.25) is 4.79 Å². The molecule has 0 saturated carbocycles. The van der Waals surface area contributed by atoms with E-state index in [0.717, 1.165) is 0 Å². The maximum absolute atomic E-state index is 11.6. The topological polar surface area (TPSA) is 185 Å². The van der Waals surface area contributed by atoms with Gasteiger partial charge in [-0.1, -0.05) is 0 Å². The number of benzene rings is 1. The van der Waals surface area contributed by atoms with Crippen LogP contribution < -0.4 is 9.47 Å². The highest BCUT2D eigenvalue weighted by molar-refractivity contribution is 5.94. The summed E-state index contributed by atoms with van der Waals surface area (Å²) < 4.78 is 26.9. The summed E-state index contributed by atoms with van der Waals surface area (Å²) in [5.41, 5.74) is -1.51. The number of hydrogen-bond acceptors (Lipinski definition) is 12. The summed E-state index contributed by atoms with van der Waals surface area (Å²) in [5, 5.41) is 60.0. The van der Waals surface area contributed by atoms with Crippen LogP contribution in [0.2, 0.25) is 0 Å². The Kier molecular flexibility index (Phi) is 7.70. The van der Waals surface area contributed by atoms with E-state index in [1.807, 2.05) is 0 Å². The van der Waals surface area contributed by atoms with Gasteiger partial charge >= 0.3 is 0 Å². The molecule has 8 atom stereocenters. The van der Waals surface area contributed by atoms with Crippen LogP contribution in [-0.2, 0) is 14.2 Å². The number of aliphatic hydroxyl groups is 6. The van der Waals surface area contributed by atoms with Crippen LogP contribution in [0.1, 0.15) is 17.3 Å². The molecule has 12 heteroatoms. The summed E-state index contributed by atoms with van der Waals surface area (Å²) in [6, 6.07) is 4.37. The Bertz CT molecular complexity index is 803. The minimum Gasteiger partial charge on any atom is -0.493 e. The average molecular weight is 460 g/mol. The Labute approximate surface area is 183 Å². The first-order chi connectivity index (χ1) is 15.1. The van der Waals surface area contributed by atoms with Crippen LogP contribution in [-0.4, -0.2) is 112 Å². The Morgan fingerprint density at radius 2 is 1.84 bits per heavy atom. The van der Waals surface area contributed by atoms with Crippen molar-refractivity contribution in [1.82, 2.24) is 0 Å². The third-order valence-corrected chi connectivity index (χ3v) is 5.49. The molecule has 0 amide bonds. The lowest BCUT2D eigenvalue weighted by molar-refractivity contribution is -0.289. The van der Waals surface area contributed by atoms with Crippen molar-refractivity contribution in [2.24, 2.45) is 0 Å². The summed E-state index contributed by atoms with van der Waals surface area (Å²) >= 11 is 0. The zero-order valence-corrected chi connectivity index (χ0v) is 17.5. The second-order valence-electron chi connectivity index (χ2n) is 7.77. The maximum atomic E-state index is 11.6. The molecular weight excluding hydrogens is 432 g/mol. The second-order valence-corrected chi connectivity index (χ2v) is 7.77. The van der Waals surface area contributed by atoms with Crippen LogP contribution in [0.25, 0.3) is 0 Å². The molecule has 32 heavy (non-hydrogen) atoms. The monoisotopic (exact) mass is 460 g/mol. The van der Waals surface area contributed by atoms with Gasteiger partial charge in [0.1, 0.15) is 36.1 Å². The first-order valence-electron chi connectivity index (χ1n) is 9.91. The van der Waals surface area contributed by atoms with Gasteiger partial charge in [0.05, 0.1) is 26.9 Å². The fourth-order valence-corrected chi connectivity index (χ4v) is 3.39. The smallest absolute Gasteiger partial charge is 0.229 e. The number of ether oxygens (including phenoxy) is 5. The first-order valence-corrected chi connectivity index (χ1v) is 9.91. The van der Waals surface area contributed by atoms with E-state index >= 15 is 0 Å². The van der Waals surface area contributed by atoms with Crippen LogP contribution in [0, 0.1) is 0 Å². The molecule has 0 radical (unpaired) electrons. The highest BCUT2D eigenvalue weighted by Gasteiger charge is 2.50. The molecule has 0 aromatic heterocycles. The minimum absolute atomic E-state index is 0.118. The fraction of sp³-hybridized carbons (Fsp3) is 0.650. The third-order valence-electron chi connectivity index (χ3n) is 5.49. The highest BCUT2D eigenvalue weighted by atomic mass is 16.7. The van der Waals surface area contributed by atoms with Crippen LogP contribution in [0.15, 0.2) is 18.2 Å². The summed E-state index contributed by atoms with van der Waals surface area (Å²) in [5.74, 6) is 0.115. The number of hydrogen-bond donors (Lipinski definition) is 6. The van der Waals surface area contributed by atoms with Crippen molar-refractivity contribution in [3.8, 4) is 11.5 Å². The molecular formula is C20H28O12. The number of ketones is 1. The molecule has 2 fully saturated rings. The zero-order valence-electron chi connectivity index (χ0n) is 17.5. The number of carbonyl (C=O) groups excluding carboxylic acids is 1. The molecule has 6 N–H and O–H groups in total. The predicted molar refractivity (Wildman–Crippen MR) is 104 cm³/mol. The van der Waals surface area contributed by atoms with Crippen LogP contribution in [0.5, 0.6) is 11.5 Å². The van der Waals surface area contributed by atoms with Crippen LogP contribution in [0.4, 0.5) is 0 Å². The molecule has 0 spiro atoms. The molecule has 2 aliphatic rings. The fourth-order valence-electron chi connectivity index (χ4n) is 3.39. The van der Waals surface area contributed by atoms with E-state index in [0.29, 0.717) is 5.56 Å². The summed E-state index contributed by atoms with van der Waals surface area (Å²) in [4.78, 5) is 11.6. The number of rotatable bonds is 8. The van der Waals surface area contributed by atoms with Crippen LogP contribution >= 0.6 is 0 Å². The number of carbonyl (C=O) groups is 1. The summed E-state index contributed by atoms with van der Waals surface area (Å²) in [7, 11) is 1.36. The van der Waals surface area contributed by atoms with Crippen molar-refractivity contribution in [2.45, 2.75) is 55.6 Å². The molecule has 0 unspecified atom stereocenters. The van der Waals surface area contributed by atoms with Gasteiger partial charge in [0.25, 0.3) is 0 Å². The van der Waals surface area contributed by atoms with Crippen molar-refractivity contribution in [2.75, 3.05) is 26.9 Å². The van der Waals surface area contributed by atoms with Gasteiger partial charge in [0, 0.05) is 5.56 Å². The van der Waals surface area contributed by atoms with Crippen molar-refractivity contribution in [3.63, 3.8) is 0 Å². The Balaban J connectivity index is 1.69. The van der Waals surface area contributed by atoms with E-state index in [4.69, 9.17) is 23.7 Å². The quantitative estimate of drug-likeness (QED) is 0.225. The van der Waals surface area contributed by atoms with Gasteiger partial charge in [-0.15, -0.1) is 0 Å². The van der Waals surface area contributed by atoms with Crippen molar-refractivity contribution in [3.05, 3.63) is 23.8 Å². The molecule has 1 aromatic carbocycles. The SMILES string of the molecule is COc1cc(C(C)=O)ccc1O[C@@H]1O[C@H](CO[C@@H]2OC[C@](O)(CO)[C@H]2O)[C@@H](O)[C@H](O)[C@H]1O. The first kappa shape index (κ1) is 24.8. The largest absolute Gasteiger partial charge is 0.493 e. The molecule has 0 aliphatic carbocycles. The number of aliphatic hydroxyl groups excluding tert-OH is 5. The minimum atomic E-state index is -1.89. The van der Waals surface area contributed by atoms with Gasteiger partial charge in [-0.05, 0) is 25.1 Å². The zero-order chi connectivity index (χ0) is 23.6. The molecule has 2 aliphatic heterocycles. The van der Waals surface area contributed by atoms with Crippen molar-refractivity contribution in [1.29, 1.82) is 0 Å². The summed E-state index contributed by atoms with van der Waals surface area (Å²) in [6.45, 7) is -0.138. The lowest BCUT2D eigenvalue weighted by atomic mass is 9.99. The summed E-state index contributed by atoms with van der Waals surface area (Å²) in [6.07, 6.45) is -10.4. The Morgan fingerprint density at radius 3 is 2.44 bits per heavy atom. The van der Waals surface area contributed by atoms with E-state index in [1.165, 1.54) is 32.2 Å².